The lowest BCUT2D eigenvalue weighted by molar-refractivity contribution is 0.191. The molecule has 2 N–H and O–H groups in total. The average Bonchev–Trinajstić information content (AvgIpc) is 2.25. The van der Waals surface area contributed by atoms with Crippen LogP contribution in [0.2, 0.25) is 0 Å². The van der Waals surface area contributed by atoms with Crippen LogP contribution >= 0.6 is 0 Å². The zero-order chi connectivity index (χ0) is 12.8. The van der Waals surface area contributed by atoms with Crippen LogP contribution in [0.4, 0.5) is 5.82 Å². The number of aromatic amines is 1. The molecule has 1 unspecified atom stereocenters. The summed E-state index contributed by atoms with van der Waals surface area (Å²) in [5.74, 6) is 1.54. The summed E-state index contributed by atoms with van der Waals surface area (Å²) in [4.78, 5) is 18.6. The highest BCUT2D eigenvalue weighted by atomic mass is 16.5. The quantitative estimate of drug-likeness (QED) is 0.793. The van der Waals surface area contributed by atoms with E-state index in [-0.39, 0.29) is 17.5 Å². The molecule has 1 heterocycles. The van der Waals surface area contributed by atoms with Crippen LogP contribution in [0, 0.1) is 0 Å². The first kappa shape index (κ1) is 13.7. The highest BCUT2D eigenvalue weighted by Gasteiger charge is 2.07. The van der Waals surface area contributed by atoms with Gasteiger partial charge in [0.2, 0.25) is 0 Å². The molecule has 1 aromatic rings. The van der Waals surface area contributed by atoms with E-state index in [1.165, 1.54) is 6.07 Å². The second-order valence-corrected chi connectivity index (χ2v) is 4.50. The minimum Gasteiger partial charge on any atom is -0.385 e. The van der Waals surface area contributed by atoms with Crippen LogP contribution in [0.1, 0.15) is 38.9 Å². The molecule has 0 saturated heterocycles. The Labute approximate surface area is 102 Å². The number of ether oxygens (including phenoxy) is 1. The number of anilines is 1. The van der Waals surface area contributed by atoms with Crippen molar-refractivity contribution in [1.82, 2.24) is 9.97 Å². The van der Waals surface area contributed by atoms with E-state index in [1.54, 1.807) is 7.11 Å². The van der Waals surface area contributed by atoms with Gasteiger partial charge in [0.1, 0.15) is 11.6 Å². The van der Waals surface area contributed by atoms with E-state index in [9.17, 15) is 4.79 Å². The molecule has 0 aliphatic rings. The number of nitrogens with one attached hydrogen (secondary N) is 2. The maximum Gasteiger partial charge on any atom is 0.252 e. The Kier molecular flexibility index (Phi) is 5.15. The van der Waals surface area contributed by atoms with E-state index >= 15 is 0 Å². The molecule has 0 aliphatic heterocycles. The van der Waals surface area contributed by atoms with Gasteiger partial charge in [-0.1, -0.05) is 13.8 Å². The fourth-order valence-corrected chi connectivity index (χ4v) is 1.44. The molecule has 1 aromatic heterocycles. The van der Waals surface area contributed by atoms with Crippen LogP contribution in [0.5, 0.6) is 0 Å². The van der Waals surface area contributed by atoms with Crippen LogP contribution in [0.3, 0.4) is 0 Å². The third-order valence-corrected chi connectivity index (χ3v) is 2.46. The smallest absolute Gasteiger partial charge is 0.252 e. The minimum absolute atomic E-state index is 0.120. The summed E-state index contributed by atoms with van der Waals surface area (Å²) in [6.07, 6.45) is 0.877. The molecule has 17 heavy (non-hydrogen) atoms. The van der Waals surface area contributed by atoms with Gasteiger partial charge in [-0.2, -0.15) is 0 Å². The van der Waals surface area contributed by atoms with Crippen molar-refractivity contribution in [3.8, 4) is 0 Å². The summed E-state index contributed by atoms with van der Waals surface area (Å²) in [6, 6.07) is 1.71. The van der Waals surface area contributed by atoms with Gasteiger partial charge in [0, 0.05) is 31.7 Å². The van der Waals surface area contributed by atoms with Crippen molar-refractivity contribution < 1.29 is 4.74 Å². The fourth-order valence-electron chi connectivity index (χ4n) is 1.44. The summed E-state index contributed by atoms with van der Waals surface area (Å²) >= 11 is 0. The molecule has 0 bridgehead atoms. The Morgan fingerprint density at radius 1 is 1.47 bits per heavy atom. The molecule has 5 nitrogen and oxygen atoms in total. The first-order valence-corrected chi connectivity index (χ1v) is 5.89. The van der Waals surface area contributed by atoms with Crippen LogP contribution in [-0.2, 0) is 4.74 Å². The molecule has 0 spiro atoms. The van der Waals surface area contributed by atoms with Crippen LogP contribution in [-0.4, -0.2) is 29.7 Å². The van der Waals surface area contributed by atoms with E-state index < -0.39 is 0 Å². The predicted molar refractivity (Wildman–Crippen MR) is 68.5 cm³/mol. The van der Waals surface area contributed by atoms with Gasteiger partial charge in [0.25, 0.3) is 5.56 Å². The summed E-state index contributed by atoms with van der Waals surface area (Å²) in [6.45, 7) is 6.72. The van der Waals surface area contributed by atoms with Gasteiger partial charge < -0.3 is 15.0 Å². The fraction of sp³-hybridized carbons (Fsp3) is 0.667. The largest absolute Gasteiger partial charge is 0.385 e. The van der Waals surface area contributed by atoms with Gasteiger partial charge in [-0.3, -0.25) is 4.79 Å². The summed E-state index contributed by atoms with van der Waals surface area (Å²) in [7, 11) is 1.68. The van der Waals surface area contributed by atoms with Crippen molar-refractivity contribution in [2.45, 2.75) is 39.2 Å². The van der Waals surface area contributed by atoms with Gasteiger partial charge >= 0.3 is 0 Å². The molecule has 0 amide bonds. The molecule has 0 aliphatic carbocycles. The molecule has 1 atom stereocenters. The third-order valence-electron chi connectivity index (χ3n) is 2.46. The van der Waals surface area contributed by atoms with E-state index in [0.29, 0.717) is 18.2 Å². The zero-order valence-corrected chi connectivity index (χ0v) is 10.9. The number of nitrogens with zero attached hydrogens (tertiary/aromatic N) is 1. The van der Waals surface area contributed by atoms with Gasteiger partial charge in [-0.25, -0.2) is 4.98 Å². The molecule has 0 radical (unpaired) electrons. The molecule has 5 heteroatoms. The van der Waals surface area contributed by atoms with Gasteiger partial charge in [-0.15, -0.1) is 0 Å². The summed E-state index contributed by atoms with van der Waals surface area (Å²) < 4.78 is 5.01. The Morgan fingerprint density at radius 3 is 2.76 bits per heavy atom. The van der Waals surface area contributed by atoms with Crippen molar-refractivity contribution in [2.75, 3.05) is 19.0 Å². The van der Waals surface area contributed by atoms with Crippen molar-refractivity contribution in [3.05, 3.63) is 22.2 Å². The molecule has 0 aromatic carbocycles. The highest BCUT2D eigenvalue weighted by molar-refractivity contribution is 5.34. The molecular formula is C12H21N3O2. The average molecular weight is 239 g/mol. The van der Waals surface area contributed by atoms with Gasteiger partial charge in [0.05, 0.1) is 0 Å². The molecule has 1 rings (SSSR count). The number of aromatic nitrogens is 2. The Balaban J connectivity index is 2.73. The number of hydrogen-bond acceptors (Lipinski definition) is 4. The lowest BCUT2D eigenvalue weighted by Crippen LogP contribution is -2.21. The molecule has 0 fully saturated rings. The maximum absolute atomic E-state index is 11.5. The third kappa shape index (κ3) is 4.56. The van der Waals surface area contributed by atoms with E-state index in [1.807, 2.05) is 20.8 Å². The standard InChI is InChI=1S/C12H21N3O2/c1-8(2)12-14-10(7-11(16)15-12)13-9(3)5-6-17-4/h7-9H,5-6H2,1-4H3,(H2,13,14,15,16). The summed E-state index contributed by atoms with van der Waals surface area (Å²) in [5, 5.41) is 3.20. The van der Waals surface area contributed by atoms with Crippen LogP contribution < -0.4 is 10.9 Å². The number of hydrogen-bond donors (Lipinski definition) is 2. The van der Waals surface area contributed by atoms with Gasteiger partial charge in [-0.05, 0) is 13.3 Å². The number of rotatable bonds is 6. The normalized spacial score (nSPS) is 12.8. The topological polar surface area (TPSA) is 67.0 Å². The lowest BCUT2D eigenvalue weighted by Gasteiger charge is -2.14. The monoisotopic (exact) mass is 239 g/mol. The van der Waals surface area contributed by atoms with E-state index in [0.717, 1.165) is 6.42 Å². The highest BCUT2D eigenvalue weighted by Crippen LogP contribution is 2.10. The maximum atomic E-state index is 11.5. The lowest BCUT2D eigenvalue weighted by atomic mass is 10.2. The van der Waals surface area contributed by atoms with Crippen molar-refractivity contribution in [1.29, 1.82) is 0 Å². The predicted octanol–water partition coefficient (Wildman–Crippen LogP) is 1.73. The minimum atomic E-state index is -0.120. The SMILES string of the molecule is COCCC(C)Nc1cc(=O)[nH]c(C(C)C)n1. The molecule has 0 saturated carbocycles. The number of methoxy groups -OCH3 is 1. The second-order valence-electron chi connectivity index (χ2n) is 4.50. The van der Waals surface area contributed by atoms with Crippen molar-refractivity contribution in [3.63, 3.8) is 0 Å². The second kappa shape index (κ2) is 6.39. The van der Waals surface area contributed by atoms with Gasteiger partial charge in [0.15, 0.2) is 0 Å². The number of H-pyrrole nitrogens is 1. The van der Waals surface area contributed by atoms with Crippen molar-refractivity contribution in [2.24, 2.45) is 0 Å². The summed E-state index contributed by atoms with van der Waals surface area (Å²) in [5.41, 5.74) is -0.120. The molecule has 96 valence electrons. The zero-order valence-electron chi connectivity index (χ0n) is 10.9. The Morgan fingerprint density at radius 2 is 2.18 bits per heavy atom. The first-order chi connectivity index (χ1) is 8.02. The van der Waals surface area contributed by atoms with Crippen LogP contribution in [0.25, 0.3) is 0 Å². The van der Waals surface area contributed by atoms with E-state index in [2.05, 4.69) is 15.3 Å². The Hall–Kier alpha value is -1.36. The molecular weight excluding hydrogens is 218 g/mol. The Bertz CT molecular complexity index is 401. The van der Waals surface area contributed by atoms with E-state index in [4.69, 9.17) is 4.74 Å². The van der Waals surface area contributed by atoms with Crippen molar-refractivity contribution >= 4 is 5.82 Å². The van der Waals surface area contributed by atoms with Crippen LogP contribution in [0.15, 0.2) is 10.9 Å². The first-order valence-electron chi connectivity index (χ1n) is 5.89.